The van der Waals surface area contributed by atoms with E-state index in [-0.39, 0.29) is 30.0 Å². The minimum absolute atomic E-state index is 0.000191. The third-order valence-electron chi connectivity index (χ3n) is 5.07. The lowest BCUT2D eigenvalue weighted by Gasteiger charge is -2.41. The summed E-state index contributed by atoms with van der Waals surface area (Å²) in [6.45, 7) is 3.43. The van der Waals surface area contributed by atoms with Crippen LogP contribution >= 0.6 is 0 Å². The highest BCUT2D eigenvalue weighted by atomic mass is 16.6. The molecule has 9 nitrogen and oxygen atoms in total. The van der Waals surface area contributed by atoms with Gasteiger partial charge in [0, 0.05) is 51.3 Å². The molecule has 1 aromatic carbocycles. The minimum atomic E-state index is -0.441. The Kier molecular flexibility index (Phi) is 6.23. The van der Waals surface area contributed by atoms with Crippen molar-refractivity contribution in [1.29, 1.82) is 0 Å². The molecule has 0 spiro atoms. The van der Waals surface area contributed by atoms with E-state index in [4.69, 9.17) is 0 Å². The number of carbonyl (C=O) groups excluding carboxylic acids is 2. The van der Waals surface area contributed by atoms with Gasteiger partial charge in [-0.1, -0.05) is 12.1 Å². The third kappa shape index (κ3) is 4.73. The highest BCUT2D eigenvalue weighted by molar-refractivity contribution is 5.80. The number of piperidine rings is 1. The van der Waals surface area contributed by atoms with Crippen LogP contribution in [0.4, 0.5) is 11.4 Å². The van der Waals surface area contributed by atoms with E-state index < -0.39 is 4.92 Å². The molecule has 0 aromatic heterocycles. The topological polar surface area (TPSA) is 108 Å². The molecule has 0 bridgehead atoms. The monoisotopic (exact) mass is 375 g/mol. The molecule has 27 heavy (non-hydrogen) atoms. The van der Waals surface area contributed by atoms with Crippen molar-refractivity contribution >= 4 is 23.2 Å². The van der Waals surface area contributed by atoms with E-state index in [9.17, 15) is 19.7 Å². The number of benzene rings is 1. The van der Waals surface area contributed by atoms with Crippen LogP contribution in [0, 0.1) is 10.1 Å². The molecule has 1 atom stereocenters. The molecule has 2 saturated heterocycles. The van der Waals surface area contributed by atoms with Gasteiger partial charge in [0.2, 0.25) is 11.8 Å². The molecular formula is C18H25N5O4. The van der Waals surface area contributed by atoms with Crippen molar-refractivity contribution in [3.05, 3.63) is 34.4 Å². The Labute approximate surface area is 157 Å². The molecule has 146 valence electrons. The molecule has 2 amide bonds. The van der Waals surface area contributed by atoms with Gasteiger partial charge in [-0.15, -0.1) is 0 Å². The molecule has 0 aliphatic carbocycles. The van der Waals surface area contributed by atoms with Gasteiger partial charge >= 0.3 is 0 Å². The first-order valence-corrected chi connectivity index (χ1v) is 9.31. The number of hydrogen-bond donors (Lipinski definition) is 2. The fourth-order valence-electron chi connectivity index (χ4n) is 3.69. The van der Waals surface area contributed by atoms with E-state index in [0.717, 1.165) is 19.4 Å². The number of nitrogens with zero attached hydrogens (tertiary/aromatic N) is 3. The molecule has 3 rings (SSSR count). The number of amides is 2. The fraction of sp³-hybridized carbons (Fsp3) is 0.556. The molecule has 2 aliphatic rings. The highest BCUT2D eigenvalue weighted by Gasteiger charge is 2.31. The Morgan fingerprint density at radius 1 is 1.33 bits per heavy atom. The summed E-state index contributed by atoms with van der Waals surface area (Å²) >= 11 is 0. The van der Waals surface area contributed by atoms with Crippen LogP contribution in [-0.4, -0.2) is 71.8 Å². The van der Waals surface area contributed by atoms with Crippen LogP contribution in [-0.2, 0) is 9.59 Å². The number of nitrogens with one attached hydrogen (secondary N) is 2. The third-order valence-corrected chi connectivity index (χ3v) is 5.07. The second-order valence-corrected chi connectivity index (χ2v) is 6.85. The summed E-state index contributed by atoms with van der Waals surface area (Å²) in [7, 11) is 0. The average molecular weight is 375 g/mol. The summed E-state index contributed by atoms with van der Waals surface area (Å²) in [4.78, 5) is 38.9. The number of piperazine rings is 1. The Hall–Kier alpha value is -2.68. The predicted molar refractivity (Wildman–Crippen MR) is 100 cm³/mol. The first-order chi connectivity index (χ1) is 13.1. The highest BCUT2D eigenvalue weighted by Crippen LogP contribution is 2.23. The minimum Gasteiger partial charge on any atom is -0.379 e. The molecule has 2 aliphatic heterocycles. The van der Waals surface area contributed by atoms with Crippen molar-refractivity contribution in [2.75, 3.05) is 44.6 Å². The van der Waals surface area contributed by atoms with Crippen LogP contribution in [0.3, 0.4) is 0 Å². The van der Waals surface area contributed by atoms with Crippen LogP contribution < -0.4 is 10.6 Å². The maximum absolute atomic E-state index is 12.6. The lowest BCUT2D eigenvalue weighted by Crippen LogP contribution is -2.57. The number of carbonyl (C=O) groups is 2. The molecule has 9 heteroatoms. The summed E-state index contributed by atoms with van der Waals surface area (Å²) in [6, 6.07) is 6.48. The van der Waals surface area contributed by atoms with Gasteiger partial charge in [0.1, 0.15) is 5.69 Å². The van der Waals surface area contributed by atoms with E-state index in [1.807, 2.05) is 9.80 Å². The number of rotatable bonds is 6. The Morgan fingerprint density at radius 2 is 2.15 bits per heavy atom. The van der Waals surface area contributed by atoms with Gasteiger partial charge in [-0.2, -0.15) is 0 Å². The van der Waals surface area contributed by atoms with Crippen LogP contribution in [0.25, 0.3) is 0 Å². The van der Waals surface area contributed by atoms with Gasteiger partial charge < -0.3 is 20.4 Å². The standard InChI is InChI=1S/C18H25N5O4/c24-17(7-8-20-15-5-1-2-6-16(15)23(26)27)21-10-3-4-14(13-21)22-11-9-19-12-18(22)25/h1-2,5-6,14,19-20H,3-4,7-13H2. The lowest BCUT2D eigenvalue weighted by molar-refractivity contribution is -0.384. The Balaban J connectivity index is 1.51. The number of anilines is 1. The van der Waals surface area contributed by atoms with E-state index >= 15 is 0 Å². The SMILES string of the molecule is O=C(CCNc1ccccc1[N+](=O)[O-])N1CCCC(N2CCNCC2=O)C1. The van der Waals surface area contributed by atoms with Crippen LogP contribution in [0.1, 0.15) is 19.3 Å². The maximum atomic E-state index is 12.6. The van der Waals surface area contributed by atoms with Crippen LogP contribution in [0.5, 0.6) is 0 Å². The molecule has 1 aromatic rings. The van der Waals surface area contributed by atoms with Crippen molar-refractivity contribution in [2.24, 2.45) is 0 Å². The van der Waals surface area contributed by atoms with Gasteiger partial charge in [0.15, 0.2) is 0 Å². The molecule has 1 unspecified atom stereocenters. The van der Waals surface area contributed by atoms with Gasteiger partial charge in [-0.05, 0) is 18.9 Å². The summed E-state index contributed by atoms with van der Waals surface area (Å²) in [5.74, 6) is 0.104. The number of likely N-dealkylation sites (tertiary alicyclic amines) is 1. The van der Waals surface area contributed by atoms with Crippen molar-refractivity contribution in [2.45, 2.75) is 25.3 Å². The largest absolute Gasteiger partial charge is 0.379 e. The van der Waals surface area contributed by atoms with Gasteiger partial charge in [-0.25, -0.2) is 0 Å². The van der Waals surface area contributed by atoms with E-state index in [1.54, 1.807) is 18.2 Å². The Bertz CT molecular complexity index is 711. The van der Waals surface area contributed by atoms with Crippen LogP contribution in [0.15, 0.2) is 24.3 Å². The lowest BCUT2D eigenvalue weighted by atomic mass is 10.0. The second-order valence-electron chi connectivity index (χ2n) is 6.85. The molecule has 0 saturated carbocycles. The number of hydrogen-bond acceptors (Lipinski definition) is 6. The Morgan fingerprint density at radius 3 is 2.93 bits per heavy atom. The normalized spacial score (nSPS) is 20.4. The zero-order valence-electron chi connectivity index (χ0n) is 15.2. The predicted octanol–water partition coefficient (Wildman–Crippen LogP) is 0.820. The number of nitro benzene ring substituents is 1. The van der Waals surface area contributed by atoms with Crippen molar-refractivity contribution in [3.8, 4) is 0 Å². The van der Waals surface area contributed by atoms with Crippen molar-refractivity contribution in [3.63, 3.8) is 0 Å². The first-order valence-electron chi connectivity index (χ1n) is 9.31. The van der Waals surface area contributed by atoms with Crippen LogP contribution in [0.2, 0.25) is 0 Å². The zero-order valence-corrected chi connectivity index (χ0v) is 15.2. The molecule has 2 heterocycles. The average Bonchev–Trinajstić information content (AvgIpc) is 2.68. The maximum Gasteiger partial charge on any atom is 0.292 e. The van der Waals surface area contributed by atoms with E-state index in [2.05, 4.69) is 10.6 Å². The smallest absolute Gasteiger partial charge is 0.292 e. The quantitative estimate of drug-likeness (QED) is 0.563. The second kappa shape index (κ2) is 8.81. The summed E-state index contributed by atoms with van der Waals surface area (Å²) < 4.78 is 0. The molecule has 0 radical (unpaired) electrons. The molecule has 2 fully saturated rings. The number of nitro groups is 1. The zero-order chi connectivity index (χ0) is 19.2. The number of para-hydroxylation sites is 2. The van der Waals surface area contributed by atoms with Gasteiger partial charge in [0.05, 0.1) is 11.5 Å². The fourth-order valence-corrected chi connectivity index (χ4v) is 3.69. The van der Waals surface area contributed by atoms with Crippen molar-refractivity contribution < 1.29 is 14.5 Å². The van der Waals surface area contributed by atoms with E-state index in [1.165, 1.54) is 6.07 Å². The van der Waals surface area contributed by atoms with Gasteiger partial charge in [-0.3, -0.25) is 19.7 Å². The molecular weight excluding hydrogens is 350 g/mol. The molecule has 2 N–H and O–H groups in total. The summed E-state index contributed by atoms with van der Waals surface area (Å²) in [6.07, 6.45) is 2.06. The first kappa shape index (κ1) is 19.1. The van der Waals surface area contributed by atoms with Gasteiger partial charge in [0.25, 0.3) is 5.69 Å². The van der Waals surface area contributed by atoms with E-state index in [0.29, 0.717) is 38.4 Å². The van der Waals surface area contributed by atoms with Crippen molar-refractivity contribution in [1.82, 2.24) is 15.1 Å². The summed E-state index contributed by atoms with van der Waals surface area (Å²) in [5, 5.41) is 17.1. The summed E-state index contributed by atoms with van der Waals surface area (Å²) in [5.41, 5.74) is 0.415.